The Balaban J connectivity index is 2.18. The summed E-state index contributed by atoms with van der Waals surface area (Å²) in [6.45, 7) is 13.7. The first-order chi connectivity index (χ1) is 12.7. The van der Waals surface area contributed by atoms with E-state index in [2.05, 4.69) is 114 Å². The molecular weight excluding hydrogens is 324 g/mol. The summed E-state index contributed by atoms with van der Waals surface area (Å²) in [6, 6.07) is 27.1. The summed E-state index contributed by atoms with van der Waals surface area (Å²) in [6.07, 6.45) is 0.990. The number of rotatable bonds is 4. The fourth-order valence-electron chi connectivity index (χ4n) is 3.83. The summed E-state index contributed by atoms with van der Waals surface area (Å²) < 4.78 is 0. The molecule has 0 saturated heterocycles. The van der Waals surface area contributed by atoms with E-state index >= 15 is 0 Å². The molecule has 0 aliphatic rings. The van der Waals surface area contributed by atoms with Crippen LogP contribution in [-0.2, 0) is 17.3 Å². The third-order valence-electron chi connectivity index (χ3n) is 5.67. The number of hydrogen-bond acceptors (Lipinski definition) is 0. The van der Waals surface area contributed by atoms with Crippen LogP contribution in [0.25, 0.3) is 0 Å². The molecule has 0 fully saturated rings. The van der Waals surface area contributed by atoms with E-state index in [0.29, 0.717) is 0 Å². The molecule has 0 amide bonds. The quantitative estimate of drug-likeness (QED) is 0.465. The van der Waals surface area contributed by atoms with Crippen LogP contribution in [0.2, 0.25) is 0 Å². The lowest BCUT2D eigenvalue weighted by Crippen LogP contribution is -2.28. The average molecular weight is 357 g/mol. The molecule has 0 radical (unpaired) electrons. The molecule has 0 nitrogen and oxygen atoms in total. The summed E-state index contributed by atoms with van der Waals surface area (Å²) >= 11 is 0. The second kappa shape index (κ2) is 7.35. The van der Waals surface area contributed by atoms with E-state index in [1.165, 1.54) is 33.4 Å². The van der Waals surface area contributed by atoms with Gasteiger partial charge in [0.2, 0.25) is 0 Å². The van der Waals surface area contributed by atoms with Gasteiger partial charge in [0, 0.05) is 5.41 Å². The Morgan fingerprint density at radius 1 is 0.593 bits per heavy atom. The Morgan fingerprint density at radius 2 is 1.19 bits per heavy atom. The van der Waals surface area contributed by atoms with E-state index < -0.39 is 0 Å². The van der Waals surface area contributed by atoms with Crippen molar-refractivity contribution in [1.82, 2.24) is 0 Å². The van der Waals surface area contributed by atoms with Crippen LogP contribution in [0.1, 0.15) is 61.1 Å². The maximum absolute atomic E-state index is 2.43. The van der Waals surface area contributed by atoms with Gasteiger partial charge >= 0.3 is 0 Å². The SMILES string of the molecule is Cc1ccc(C(C)(Cc2ccccc2)c2cc(C)cc(C(C)(C)C)c2)cc1. The highest BCUT2D eigenvalue weighted by molar-refractivity contribution is 5.45. The fourth-order valence-corrected chi connectivity index (χ4v) is 3.83. The van der Waals surface area contributed by atoms with Gasteiger partial charge < -0.3 is 0 Å². The van der Waals surface area contributed by atoms with E-state index in [0.717, 1.165) is 6.42 Å². The van der Waals surface area contributed by atoms with Crippen molar-refractivity contribution in [3.05, 3.63) is 106 Å². The predicted molar refractivity (Wildman–Crippen MR) is 118 cm³/mol. The third-order valence-corrected chi connectivity index (χ3v) is 5.67. The molecule has 0 aliphatic carbocycles. The molecule has 1 unspecified atom stereocenters. The highest BCUT2D eigenvalue weighted by Crippen LogP contribution is 2.38. The van der Waals surface area contributed by atoms with Crippen molar-refractivity contribution in [2.45, 2.75) is 58.8 Å². The topological polar surface area (TPSA) is 0 Å². The molecule has 3 aromatic carbocycles. The first-order valence-corrected chi connectivity index (χ1v) is 9.92. The maximum Gasteiger partial charge on any atom is 0.0215 e. The second-order valence-electron chi connectivity index (χ2n) is 9.20. The first-order valence-electron chi connectivity index (χ1n) is 9.92. The van der Waals surface area contributed by atoms with Crippen molar-refractivity contribution in [2.24, 2.45) is 0 Å². The Morgan fingerprint density at radius 3 is 1.78 bits per heavy atom. The van der Waals surface area contributed by atoms with Gasteiger partial charge in [-0.1, -0.05) is 112 Å². The van der Waals surface area contributed by atoms with Crippen molar-refractivity contribution in [3.8, 4) is 0 Å². The smallest absolute Gasteiger partial charge is 0.0215 e. The molecule has 0 saturated carbocycles. The highest BCUT2D eigenvalue weighted by atomic mass is 14.3. The van der Waals surface area contributed by atoms with Crippen LogP contribution in [-0.4, -0.2) is 0 Å². The van der Waals surface area contributed by atoms with Gasteiger partial charge in [-0.25, -0.2) is 0 Å². The summed E-state index contributed by atoms with van der Waals surface area (Å²) in [5.74, 6) is 0. The van der Waals surface area contributed by atoms with E-state index in [1.54, 1.807) is 0 Å². The molecule has 0 heteroatoms. The lowest BCUT2D eigenvalue weighted by atomic mass is 9.70. The zero-order valence-electron chi connectivity index (χ0n) is 17.6. The Bertz CT molecular complexity index is 895. The normalized spacial score (nSPS) is 14.0. The molecule has 3 aromatic rings. The Hall–Kier alpha value is -2.34. The summed E-state index contributed by atoms with van der Waals surface area (Å²) in [7, 11) is 0. The second-order valence-corrected chi connectivity index (χ2v) is 9.20. The zero-order chi connectivity index (χ0) is 19.7. The molecule has 0 heterocycles. The van der Waals surface area contributed by atoms with E-state index in [9.17, 15) is 0 Å². The minimum absolute atomic E-state index is 0.0684. The van der Waals surface area contributed by atoms with Gasteiger partial charge in [0.15, 0.2) is 0 Å². The summed E-state index contributed by atoms with van der Waals surface area (Å²) in [4.78, 5) is 0. The molecule has 1 atom stereocenters. The Kier molecular flexibility index (Phi) is 5.29. The average Bonchev–Trinajstić information content (AvgIpc) is 2.61. The lowest BCUT2D eigenvalue weighted by Gasteiger charge is -2.33. The van der Waals surface area contributed by atoms with Crippen molar-refractivity contribution < 1.29 is 0 Å². The van der Waals surface area contributed by atoms with Crippen molar-refractivity contribution in [1.29, 1.82) is 0 Å². The minimum Gasteiger partial charge on any atom is -0.0622 e. The number of aryl methyl sites for hydroxylation is 2. The number of hydrogen-bond donors (Lipinski definition) is 0. The summed E-state index contributed by atoms with van der Waals surface area (Å²) in [5.41, 5.74) is 8.28. The van der Waals surface area contributed by atoms with E-state index in [-0.39, 0.29) is 10.8 Å². The van der Waals surface area contributed by atoms with Crippen molar-refractivity contribution >= 4 is 0 Å². The molecule has 3 rings (SSSR count). The zero-order valence-corrected chi connectivity index (χ0v) is 17.6. The standard InChI is InChI=1S/C27H32/c1-20-12-14-23(15-13-20)27(6,19-22-10-8-7-9-11-22)25-17-21(2)16-24(18-25)26(3,4)5/h7-18H,19H2,1-6H3. The van der Waals surface area contributed by atoms with Crippen LogP contribution < -0.4 is 0 Å². The molecule has 0 N–H and O–H groups in total. The highest BCUT2D eigenvalue weighted by Gasteiger charge is 2.30. The van der Waals surface area contributed by atoms with Crippen LogP contribution >= 0.6 is 0 Å². The monoisotopic (exact) mass is 356 g/mol. The molecule has 0 spiro atoms. The number of benzene rings is 3. The van der Waals surface area contributed by atoms with Gasteiger partial charge in [-0.2, -0.15) is 0 Å². The van der Waals surface area contributed by atoms with Crippen LogP contribution in [0.3, 0.4) is 0 Å². The molecule has 0 aliphatic heterocycles. The molecule has 27 heavy (non-hydrogen) atoms. The predicted octanol–water partition coefficient (Wildman–Crippen LogP) is 7.15. The minimum atomic E-state index is -0.0684. The van der Waals surface area contributed by atoms with Crippen LogP contribution in [0.4, 0.5) is 0 Å². The summed E-state index contributed by atoms with van der Waals surface area (Å²) in [5, 5.41) is 0. The van der Waals surface area contributed by atoms with Crippen LogP contribution in [0, 0.1) is 13.8 Å². The Labute approximate surface area is 165 Å². The maximum atomic E-state index is 2.43. The fraction of sp³-hybridized carbons (Fsp3) is 0.333. The van der Waals surface area contributed by atoms with Crippen LogP contribution in [0.5, 0.6) is 0 Å². The van der Waals surface area contributed by atoms with Crippen molar-refractivity contribution in [2.75, 3.05) is 0 Å². The van der Waals surface area contributed by atoms with Gasteiger partial charge in [-0.05, 0) is 47.9 Å². The molecule has 140 valence electrons. The first kappa shape index (κ1) is 19.4. The lowest BCUT2D eigenvalue weighted by molar-refractivity contribution is 0.554. The van der Waals surface area contributed by atoms with Crippen molar-refractivity contribution in [3.63, 3.8) is 0 Å². The molecular formula is C27H32. The van der Waals surface area contributed by atoms with Gasteiger partial charge in [0.1, 0.15) is 0 Å². The van der Waals surface area contributed by atoms with Gasteiger partial charge in [-0.15, -0.1) is 0 Å². The van der Waals surface area contributed by atoms with E-state index in [1.807, 2.05) is 0 Å². The van der Waals surface area contributed by atoms with Gasteiger partial charge in [0.25, 0.3) is 0 Å². The van der Waals surface area contributed by atoms with Gasteiger partial charge in [-0.3, -0.25) is 0 Å². The van der Waals surface area contributed by atoms with Gasteiger partial charge in [0.05, 0.1) is 0 Å². The third kappa shape index (κ3) is 4.33. The largest absolute Gasteiger partial charge is 0.0622 e. The van der Waals surface area contributed by atoms with E-state index in [4.69, 9.17) is 0 Å². The molecule has 0 bridgehead atoms. The van der Waals surface area contributed by atoms with Crippen LogP contribution in [0.15, 0.2) is 72.8 Å². The molecule has 0 aromatic heterocycles.